The van der Waals surface area contributed by atoms with Crippen molar-refractivity contribution in [2.75, 3.05) is 11.9 Å². The molecule has 0 saturated carbocycles. The smallest absolute Gasteiger partial charge is 0.111 e. The third-order valence-electron chi connectivity index (χ3n) is 5.67. The van der Waals surface area contributed by atoms with E-state index < -0.39 is 0 Å². The molecule has 0 radical (unpaired) electrons. The summed E-state index contributed by atoms with van der Waals surface area (Å²) < 4.78 is 0. The summed E-state index contributed by atoms with van der Waals surface area (Å²) in [6.45, 7) is 21.6. The van der Waals surface area contributed by atoms with Crippen LogP contribution < -0.4 is 4.90 Å². The molecular formula is C33H43NO2S. The molecule has 1 aliphatic heterocycles. The quantitative estimate of drug-likeness (QED) is 0.252. The normalized spacial score (nSPS) is 15.5. The van der Waals surface area contributed by atoms with E-state index in [1.54, 1.807) is 11.8 Å². The van der Waals surface area contributed by atoms with E-state index in [1.165, 1.54) is 0 Å². The topological polar surface area (TPSA) is 43.7 Å². The second-order valence-corrected chi connectivity index (χ2v) is 9.52. The Balaban J connectivity index is 0.00000334. The highest BCUT2D eigenvalue weighted by Gasteiger charge is 2.22. The largest absolute Gasteiger partial charge is 0.515 e. The molecule has 2 N–H and O–H groups in total. The molecule has 4 heteroatoms. The Morgan fingerprint density at radius 1 is 1.11 bits per heavy atom. The summed E-state index contributed by atoms with van der Waals surface area (Å²) in [5.41, 5.74) is 7.97. The van der Waals surface area contributed by atoms with Gasteiger partial charge in [0.1, 0.15) is 5.76 Å². The fourth-order valence-corrected chi connectivity index (χ4v) is 4.99. The molecule has 37 heavy (non-hydrogen) atoms. The van der Waals surface area contributed by atoms with Gasteiger partial charge in [0.2, 0.25) is 0 Å². The van der Waals surface area contributed by atoms with Crippen molar-refractivity contribution < 1.29 is 10.2 Å². The molecule has 2 rings (SSSR count). The maximum absolute atomic E-state index is 9.78. The maximum Gasteiger partial charge on any atom is 0.111 e. The van der Waals surface area contributed by atoms with E-state index in [2.05, 4.69) is 69.3 Å². The van der Waals surface area contributed by atoms with Crippen molar-refractivity contribution in [2.24, 2.45) is 0 Å². The molecule has 0 fully saturated rings. The third-order valence-corrected chi connectivity index (χ3v) is 6.76. The predicted octanol–water partition coefficient (Wildman–Crippen LogP) is 10.4. The zero-order valence-corrected chi connectivity index (χ0v) is 24.5. The number of aliphatic hydroxyl groups is 2. The summed E-state index contributed by atoms with van der Waals surface area (Å²) in [6.07, 6.45) is 16.2. The molecule has 0 saturated heterocycles. The maximum atomic E-state index is 9.78. The first-order valence-electron chi connectivity index (χ1n) is 12.7. The Kier molecular flexibility index (Phi) is 13.4. The van der Waals surface area contributed by atoms with E-state index in [0.717, 1.165) is 67.3 Å². The van der Waals surface area contributed by atoms with Gasteiger partial charge in [-0.15, -0.1) is 0 Å². The van der Waals surface area contributed by atoms with Gasteiger partial charge in [0.15, 0.2) is 0 Å². The monoisotopic (exact) mass is 517 g/mol. The number of nitrogens with zero attached hydrogens (tertiary/aromatic N) is 1. The van der Waals surface area contributed by atoms with Crippen LogP contribution in [-0.4, -0.2) is 17.3 Å². The van der Waals surface area contributed by atoms with Gasteiger partial charge in [0.05, 0.1) is 17.6 Å². The van der Waals surface area contributed by atoms with Crippen LogP contribution >= 0.6 is 11.8 Å². The molecule has 1 aromatic carbocycles. The van der Waals surface area contributed by atoms with Gasteiger partial charge in [0.25, 0.3) is 0 Å². The average Bonchev–Trinajstić information content (AvgIpc) is 2.88. The molecule has 3 nitrogen and oxygen atoms in total. The van der Waals surface area contributed by atoms with Gasteiger partial charge in [-0.25, -0.2) is 0 Å². The second-order valence-electron chi connectivity index (χ2n) is 8.44. The summed E-state index contributed by atoms with van der Waals surface area (Å²) in [7, 11) is 2.06. The first-order chi connectivity index (χ1) is 17.7. The number of anilines is 1. The van der Waals surface area contributed by atoms with Gasteiger partial charge in [-0.1, -0.05) is 70.0 Å². The van der Waals surface area contributed by atoms with E-state index in [-0.39, 0.29) is 5.76 Å². The van der Waals surface area contributed by atoms with Crippen molar-refractivity contribution in [3.8, 4) is 0 Å². The van der Waals surface area contributed by atoms with Crippen molar-refractivity contribution in [2.45, 2.75) is 59.8 Å². The van der Waals surface area contributed by atoms with Crippen LogP contribution in [0.1, 0.15) is 60.5 Å². The van der Waals surface area contributed by atoms with Crippen LogP contribution in [0.2, 0.25) is 0 Å². The summed E-state index contributed by atoms with van der Waals surface area (Å²) in [5.74, 6) is 0.0790. The number of allylic oxidation sites excluding steroid dienone is 12. The van der Waals surface area contributed by atoms with E-state index in [1.807, 2.05) is 65.0 Å². The summed E-state index contributed by atoms with van der Waals surface area (Å²) >= 11 is 1.72. The number of rotatable bonds is 9. The molecule has 1 heterocycles. The van der Waals surface area contributed by atoms with Gasteiger partial charge in [-0.2, -0.15) is 0 Å². The Bertz CT molecular complexity index is 1200. The molecule has 1 aromatic rings. The predicted molar refractivity (Wildman–Crippen MR) is 166 cm³/mol. The Hall–Kier alpha value is -3.37. The molecule has 0 aromatic heterocycles. The molecule has 0 spiro atoms. The summed E-state index contributed by atoms with van der Waals surface area (Å²) in [4.78, 5) is 4.41. The molecule has 0 atom stereocenters. The lowest BCUT2D eigenvalue weighted by atomic mass is 10.0. The van der Waals surface area contributed by atoms with Crippen molar-refractivity contribution in [3.63, 3.8) is 0 Å². The first-order valence-corrected chi connectivity index (χ1v) is 13.5. The lowest BCUT2D eigenvalue weighted by Gasteiger charge is -2.30. The van der Waals surface area contributed by atoms with Crippen molar-refractivity contribution in [3.05, 3.63) is 124 Å². The lowest BCUT2D eigenvalue weighted by molar-refractivity contribution is 0.426. The van der Waals surface area contributed by atoms with Gasteiger partial charge in [-0.05, 0) is 104 Å². The highest BCUT2D eigenvalue weighted by Crippen LogP contribution is 2.45. The minimum absolute atomic E-state index is 0.0790. The van der Waals surface area contributed by atoms with Gasteiger partial charge < -0.3 is 15.1 Å². The molecule has 1 aliphatic rings. The zero-order valence-electron chi connectivity index (χ0n) is 23.7. The van der Waals surface area contributed by atoms with Crippen molar-refractivity contribution in [1.82, 2.24) is 0 Å². The standard InChI is InChI=1S/C31H37NO2S.C2H6/c1-9-12-25(17-22(5)24(7)34)23(6)18-30-28(11-3)32(8)29-15-14-27(19-31(29)35-30)26(13-10-2)16-21(4)20-33;1-2/h10-20,33-34H,3,7,9H2,1-2,4-6,8H3;1-2H3/b13-10+,21-20+,22-17-,23-18+,25-12+,26-16+;. The van der Waals surface area contributed by atoms with Gasteiger partial charge >= 0.3 is 0 Å². The number of benzene rings is 1. The number of aliphatic hydroxyl groups excluding tert-OH is 2. The van der Waals surface area contributed by atoms with Gasteiger partial charge in [-0.3, -0.25) is 0 Å². The van der Waals surface area contributed by atoms with Crippen molar-refractivity contribution in [1.29, 1.82) is 0 Å². The van der Waals surface area contributed by atoms with E-state index in [9.17, 15) is 10.2 Å². The Morgan fingerprint density at radius 2 is 1.78 bits per heavy atom. The van der Waals surface area contributed by atoms with Crippen molar-refractivity contribution >= 4 is 23.0 Å². The minimum atomic E-state index is 0.0790. The van der Waals surface area contributed by atoms with Crippen LogP contribution in [0.3, 0.4) is 0 Å². The van der Waals surface area contributed by atoms with Crippen LogP contribution in [0.5, 0.6) is 0 Å². The Labute approximate surface area is 229 Å². The number of fused-ring (bicyclic) bond motifs is 1. The highest BCUT2D eigenvalue weighted by molar-refractivity contribution is 8.03. The molecule has 0 amide bonds. The number of likely N-dealkylation sites (N-methyl/N-ethyl adjacent to an activating group) is 1. The van der Waals surface area contributed by atoms with Crippen LogP contribution in [-0.2, 0) is 0 Å². The fourth-order valence-electron chi connectivity index (χ4n) is 3.70. The van der Waals surface area contributed by atoms with E-state index in [0.29, 0.717) is 0 Å². The first kappa shape index (κ1) is 31.7. The summed E-state index contributed by atoms with van der Waals surface area (Å²) in [5, 5.41) is 19.2. The minimum Gasteiger partial charge on any atom is -0.515 e. The fraction of sp³-hybridized carbons (Fsp3) is 0.273. The zero-order chi connectivity index (χ0) is 28.1. The molecule has 0 bridgehead atoms. The van der Waals surface area contributed by atoms with Crippen LogP contribution in [0.25, 0.3) is 5.57 Å². The Morgan fingerprint density at radius 3 is 2.32 bits per heavy atom. The molecule has 198 valence electrons. The molecular weight excluding hydrogens is 474 g/mol. The van der Waals surface area contributed by atoms with E-state index >= 15 is 0 Å². The lowest BCUT2D eigenvalue weighted by Crippen LogP contribution is -2.20. The molecule has 0 unspecified atom stereocenters. The van der Waals surface area contributed by atoms with E-state index in [4.69, 9.17) is 0 Å². The van der Waals surface area contributed by atoms with Crippen LogP contribution in [0.15, 0.2) is 124 Å². The number of hydrogen-bond acceptors (Lipinski definition) is 4. The second kappa shape index (κ2) is 15.7. The van der Waals surface area contributed by atoms with Gasteiger partial charge in [0, 0.05) is 16.8 Å². The SMILES string of the molecule is C=CC1=C(/C=C(C)/C(/C=C(/C)C(=C)O)=C/CC)Sc2cc(C(/C=C/C)=C/C(C)=C/O)ccc2N1C.CC. The van der Waals surface area contributed by atoms with Crippen LogP contribution in [0.4, 0.5) is 5.69 Å². The highest BCUT2D eigenvalue weighted by atomic mass is 32.2. The van der Waals surface area contributed by atoms with Crippen LogP contribution in [0, 0.1) is 0 Å². The average molecular weight is 518 g/mol. The molecule has 0 aliphatic carbocycles. The number of thioether (sulfide) groups is 1. The third kappa shape index (κ3) is 8.61. The number of hydrogen-bond donors (Lipinski definition) is 2. The summed E-state index contributed by atoms with van der Waals surface area (Å²) in [6, 6.07) is 6.43.